The zero-order valence-corrected chi connectivity index (χ0v) is 13.7. The Balaban J connectivity index is 1.44. The Hall–Kier alpha value is -2.44. The largest absolute Gasteiger partial charge is 0.357 e. The van der Waals surface area contributed by atoms with Crippen molar-refractivity contribution in [3.05, 3.63) is 36.5 Å². The van der Waals surface area contributed by atoms with Crippen molar-refractivity contribution in [3.63, 3.8) is 0 Å². The minimum Gasteiger partial charge on any atom is -0.357 e. The fourth-order valence-electron chi connectivity index (χ4n) is 3.59. The molecule has 1 unspecified atom stereocenters. The summed E-state index contributed by atoms with van der Waals surface area (Å²) in [5.41, 5.74) is 0.664. The standard InChI is InChI=1S/C17H22N6O/c24-17(14-5-6-16(19-10-14)21-7-1-2-8-21)22-9-3-4-15(11-22)23-13-18-12-20-23/h5-6,10,12-13,15H,1-4,7-9,11H2. The van der Waals surface area contributed by atoms with Gasteiger partial charge in [0, 0.05) is 32.4 Å². The Morgan fingerprint density at radius 3 is 2.71 bits per heavy atom. The van der Waals surface area contributed by atoms with Gasteiger partial charge < -0.3 is 9.80 Å². The van der Waals surface area contributed by atoms with E-state index < -0.39 is 0 Å². The lowest BCUT2D eigenvalue weighted by molar-refractivity contribution is 0.0672. The number of hydrogen-bond acceptors (Lipinski definition) is 5. The number of pyridine rings is 1. The molecule has 0 spiro atoms. The molecule has 0 aliphatic carbocycles. The van der Waals surface area contributed by atoms with Crippen LogP contribution in [0.15, 0.2) is 31.0 Å². The maximum Gasteiger partial charge on any atom is 0.255 e. The maximum absolute atomic E-state index is 12.8. The van der Waals surface area contributed by atoms with Gasteiger partial charge in [0.1, 0.15) is 18.5 Å². The highest BCUT2D eigenvalue weighted by atomic mass is 16.2. The van der Waals surface area contributed by atoms with Crippen LogP contribution in [-0.2, 0) is 0 Å². The predicted molar refractivity (Wildman–Crippen MR) is 89.9 cm³/mol. The third kappa shape index (κ3) is 2.98. The van der Waals surface area contributed by atoms with E-state index in [-0.39, 0.29) is 11.9 Å². The molecule has 7 heteroatoms. The highest BCUT2D eigenvalue weighted by molar-refractivity contribution is 5.94. The summed E-state index contributed by atoms with van der Waals surface area (Å²) in [6.45, 7) is 3.59. The van der Waals surface area contributed by atoms with Crippen LogP contribution in [0.5, 0.6) is 0 Å². The summed E-state index contributed by atoms with van der Waals surface area (Å²) >= 11 is 0. The normalized spacial score (nSPS) is 21.2. The number of nitrogens with zero attached hydrogens (tertiary/aromatic N) is 6. The van der Waals surface area contributed by atoms with Crippen molar-refractivity contribution >= 4 is 11.7 Å². The molecule has 2 aliphatic heterocycles. The van der Waals surface area contributed by atoms with E-state index in [1.807, 2.05) is 21.7 Å². The van der Waals surface area contributed by atoms with Crippen molar-refractivity contribution in [3.8, 4) is 0 Å². The molecule has 2 aromatic rings. The van der Waals surface area contributed by atoms with Crippen LogP contribution in [0, 0.1) is 0 Å². The van der Waals surface area contributed by atoms with Crippen LogP contribution in [0.25, 0.3) is 0 Å². The minimum absolute atomic E-state index is 0.0558. The van der Waals surface area contributed by atoms with E-state index in [0.29, 0.717) is 12.1 Å². The van der Waals surface area contributed by atoms with Crippen LogP contribution in [0.4, 0.5) is 5.82 Å². The Bertz CT molecular complexity index is 678. The quantitative estimate of drug-likeness (QED) is 0.859. The molecule has 2 aromatic heterocycles. The third-order valence-electron chi connectivity index (χ3n) is 4.92. The first-order valence-corrected chi connectivity index (χ1v) is 8.65. The van der Waals surface area contributed by atoms with Crippen LogP contribution >= 0.6 is 0 Å². The molecule has 2 aliphatic rings. The molecule has 0 aromatic carbocycles. The SMILES string of the molecule is O=C(c1ccc(N2CCCC2)nc1)N1CCCC(n2cncn2)C1. The van der Waals surface area contributed by atoms with Crippen molar-refractivity contribution in [1.29, 1.82) is 0 Å². The molecule has 2 saturated heterocycles. The molecule has 126 valence electrons. The van der Waals surface area contributed by atoms with E-state index >= 15 is 0 Å². The van der Waals surface area contributed by atoms with Gasteiger partial charge in [0.25, 0.3) is 5.91 Å². The molecule has 0 saturated carbocycles. The van der Waals surface area contributed by atoms with Gasteiger partial charge in [-0.05, 0) is 37.8 Å². The Kier molecular flexibility index (Phi) is 4.15. The Morgan fingerprint density at radius 2 is 2.00 bits per heavy atom. The molecule has 0 radical (unpaired) electrons. The Morgan fingerprint density at radius 1 is 1.12 bits per heavy atom. The van der Waals surface area contributed by atoms with E-state index in [2.05, 4.69) is 20.0 Å². The van der Waals surface area contributed by atoms with Crippen molar-refractivity contribution in [1.82, 2.24) is 24.6 Å². The predicted octanol–water partition coefficient (Wildman–Crippen LogP) is 1.75. The van der Waals surface area contributed by atoms with Gasteiger partial charge in [-0.2, -0.15) is 5.10 Å². The van der Waals surface area contributed by atoms with Gasteiger partial charge in [-0.1, -0.05) is 0 Å². The molecular formula is C17H22N6O. The smallest absolute Gasteiger partial charge is 0.255 e. The number of hydrogen-bond donors (Lipinski definition) is 0. The van der Waals surface area contributed by atoms with Crippen LogP contribution in [0.3, 0.4) is 0 Å². The molecule has 0 bridgehead atoms. The van der Waals surface area contributed by atoms with Gasteiger partial charge >= 0.3 is 0 Å². The molecule has 2 fully saturated rings. The lowest BCUT2D eigenvalue weighted by Gasteiger charge is -2.32. The van der Waals surface area contributed by atoms with E-state index in [1.165, 1.54) is 12.8 Å². The van der Waals surface area contributed by atoms with E-state index in [1.54, 1.807) is 18.9 Å². The number of carbonyl (C=O) groups is 1. The summed E-state index contributed by atoms with van der Waals surface area (Å²) in [7, 11) is 0. The number of carbonyl (C=O) groups excluding carboxylic acids is 1. The highest BCUT2D eigenvalue weighted by Gasteiger charge is 2.26. The molecule has 4 heterocycles. The number of amides is 1. The molecule has 4 rings (SSSR count). The van der Waals surface area contributed by atoms with Gasteiger partial charge in [0.2, 0.25) is 0 Å². The maximum atomic E-state index is 12.8. The van der Waals surface area contributed by atoms with E-state index in [4.69, 9.17) is 0 Å². The van der Waals surface area contributed by atoms with E-state index in [0.717, 1.165) is 38.3 Å². The summed E-state index contributed by atoms with van der Waals surface area (Å²) in [6, 6.07) is 4.08. The average Bonchev–Trinajstić information content (AvgIpc) is 3.35. The topological polar surface area (TPSA) is 67.2 Å². The first kappa shape index (κ1) is 15.1. The van der Waals surface area contributed by atoms with Gasteiger partial charge in [0.05, 0.1) is 11.6 Å². The number of likely N-dealkylation sites (tertiary alicyclic amines) is 1. The second-order valence-electron chi connectivity index (χ2n) is 6.52. The highest BCUT2D eigenvalue weighted by Crippen LogP contribution is 2.23. The zero-order chi connectivity index (χ0) is 16.4. The van der Waals surface area contributed by atoms with Crippen molar-refractivity contribution in [2.75, 3.05) is 31.1 Å². The van der Waals surface area contributed by atoms with Gasteiger partial charge in [-0.15, -0.1) is 0 Å². The second kappa shape index (κ2) is 6.59. The molecule has 7 nitrogen and oxygen atoms in total. The third-order valence-corrected chi connectivity index (χ3v) is 4.92. The fraction of sp³-hybridized carbons (Fsp3) is 0.529. The molecule has 1 atom stereocenters. The van der Waals surface area contributed by atoms with Gasteiger partial charge in [-0.3, -0.25) is 4.79 Å². The van der Waals surface area contributed by atoms with E-state index in [9.17, 15) is 4.79 Å². The summed E-state index contributed by atoms with van der Waals surface area (Å²) < 4.78 is 1.86. The molecule has 1 amide bonds. The Labute approximate surface area is 141 Å². The summed E-state index contributed by atoms with van der Waals surface area (Å²) in [4.78, 5) is 25.5. The van der Waals surface area contributed by atoms with Crippen molar-refractivity contribution in [2.45, 2.75) is 31.7 Å². The summed E-state index contributed by atoms with van der Waals surface area (Å²) in [5, 5.41) is 4.21. The van der Waals surface area contributed by atoms with Crippen LogP contribution in [-0.4, -0.2) is 56.7 Å². The van der Waals surface area contributed by atoms with Crippen molar-refractivity contribution in [2.24, 2.45) is 0 Å². The minimum atomic E-state index is 0.0558. The monoisotopic (exact) mass is 326 g/mol. The summed E-state index contributed by atoms with van der Waals surface area (Å²) in [5.74, 6) is 1.03. The summed E-state index contributed by atoms with van der Waals surface area (Å²) in [6.07, 6.45) is 9.44. The van der Waals surface area contributed by atoms with Crippen molar-refractivity contribution < 1.29 is 4.79 Å². The first-order valence-electron chi connectivity index (χ1n) is 8.65. The number of rotatable bonds is 3. The number of aromatic nitrogens is 4. The second-order valence-corrected chi connectivity index (χ2v) is 6.52. The molecular weight excluding hydrogens is 304 g/mol. The van der Waals surface area contributed by atoms with Crippen LogP contribution in [0.1, 0.15) is 42.1 Å². The average molecular weight is 326 g/mol. The lowest BCUT2D eigenvalue weighted by Crippen LogP contribution is -2.40. The number of piperidine rings is 1. The molecule has 24 heavy (non-hydrogen) atoms. The number of anilines is 1. The van der Waals surface area contributed by atoms with Gasteiger partial charge in [-0.25, -0.2) is 14.6 Å². The molecule has 0 N–H and O–H groups in total. The fourth-order valence-corrected chi connectivity index (χ4v) is 3.59. The van der Waals surface area contributed by atoms with Crippen LogP contribution < -0.4 is 4.90 Å². The van der Waals surface area contributed by atoms with Crippen LogP contribution in [0.2, 0.25) is 0 Å². The lowest BCUT2D eigenvalue weighted by atomic mass is 10.1. The van der Waals surface area contributed by atoms with Gasteiger partial charge in [0.15, 0.2) is 0 Å². The zero-order valence-electron chi connectivity index (χ0n) is 13.7. The first-order chi connectivity index (χ1) is 11.8.